The fourth-order valence-electron chi connectivity index (χ4n) is 5.23. The molecule has 0 unspecified atom stereocenters. The van der Waals surface area contributed by atoms with Gasteiger partial charge in [-0.1, -0.05) is 108 Å². The third-order valence-corrected chi connectivity index (χ3v) is 8.77. The topological polar surface area (TPSA) is 154 Å². The Bertz CT molecular complexity index is 1990. The molecule has 0 spiro atoms. The van der Waals surface area contributed by atoms with Crippen molar-refractivity contribution < 1.29 is 19.2 Å². The standard InChI is InChI=1S/C41H37Cl2N7O4/c1-26(30-13-17-34(42)18-14-30)47-49-40(53)36(21-28-9-5-3-6-10-28)45-38(51)32-23-33(25-44-24-32)39(52)46-37(22-29-11-7-4-8-12-29)41(54)50-48-27(2)31-15-19-35(43)20-16-31/h3-20,23-25,36-37H,21-22H2,1-2H3,(H,45,51)(H,46,52)(H,49,53)(H,50,54)/b47-26+,48-27+/t36-,37-/m0/s1. The number of hydrogen-bond donors (Lipinski definition) is 4. The molecule has 5 aromatic rings. The third-order valence-electron chi connectivity index (χ3n) is 8.26. The van der Waals surface area contributed by atoms with E-state index in [0.29, 0.717) is 21.5 Å². The molecule has 0 saturated heterocycles. The number of nitrogens with zero attached hydrogens (tertiary/aromatic N) is 3. The van der Waals surface area contributed by atoms with Crippen LogP contribution in [0.15, 0.2) is 138 Å². The molecular formula is C41H37Cl2N7O4. The summed E-state index contributed by atoms with van der Waals surface area (Å²) in [6, 6.07) is 31.7. The molecule has 5 rings (SSSR count). The summed E-state index contributed by atoms with van der Waals surface area (Å²) >= 11 is 12.0. The largest absolute Gasteiger partial charge is 0.340 e. The highest BCUT2D eigenvalue weighted by molar-refractivity contribution is 6.31. The van der Waals surface area contributed by atoms with Crippen molar-refractivity contribution in [3.8, 4) is 0 Å². The van der Waals surface area contributed by atoms with E-state index in [4.69, 9.17) is 23.2 Å². The van der Waals surface area contributed by atoms with Gasteiger partial charge in [0.25, 0.3) is 23.6 Å². The summed E-state index contributed by atoms with van der Waals surface area (Å²) in [6.07, 6.45) is 2.90. The first-order chi connectivity index (χ1) is 26.0. The summed E-state index contributed by atoms with van der Waals surface area (Å²) in [5, 5.41) is 15.1. The van der Waals surface area contributed by atoms with E-state index in [1.807, 2.05) is 60.7 Å². The van der Waals surface area contributed by atoms with E-state index in [1.165, 1.54) is 18.5 Å². The first kappa shape index (κ1) is 39.0. The molecule has 0 fully saturated rings. The fourth-order valence-corrected chi connectivity index (χ4v) is 5.49. The SMILES string of the molecule is C/C(=N\NC(=O)[C@H](Cc1ccccc1)NC(=O)c1cncc(C(=O)N[C@@H](Cc2ccccc2)C(=O)N/N=C(\C)c2ccc(Cl)cc2)c1)c1ccc(Cl)cc1. The van der Waals surface area contributed by atoms with Crippen LogP contribution < -0.4 is 21.5 Å². The summed E-state index contributed by atoms with van der Waals surface area (Å²) in [6.45, 7) is 3.47. The van der Waals surface area contributed by atoms with Crippen LogP contribution in [0.4, 0.5) is 0 Å². The maximum Gasteiger partial charge on any atom is 0.262 e. The van der Waals surface area contributed by atoms with Gasteiger partial charge in [0.2, 0.25) is 0 Å². The van der Waals surface area contributed by atoms with Gasteiger partial charge in [-0.15, -0.1) is 0 Å². The number of hydrazone groups is 2. The number of rotatable bonds is 14. The van der Waals surface area contributed by atoms with Crippen LogP contribution in [0.1, 0.15) is 56.8 Å². The smallest absolute Gasteiger partial charge is 0.262 e. The second kappa shape index (κ2) is 19.1. The maximum atomic E-state index is 13.6. The molecule has 2 atom stereocenters. The van der Waals surface area contributed by atoms with Crippen LogP contribution in [-0.4, -0.2) is 52.1 Å². The lowest BCUT2D eigenvalue weighted by Gasteiger charge is -2.19. The molecule has 274 valence electrons. The van der Waals surface area contributed by atoms with Crippen LogP contribution in [0.25, 0.3) is 0 Å². The van der Waals surface area contributed by atoms with Gasteiger partial charge in [0.05, 0.1) is 22.6 Å². The second-order valence-corrected chi connectivity index (χ2v) is 13.1. The quantitative estimate of drug-likeness (QED) is 0.0790. The molecule has 0 saturated carbocycles. The molecule has 0 aliphatic heterocycles. The number of aromatic nitrogens is 1. The molecule has 0 aliphatic carbocycles. The van der Waals surface area contributed by atoms with Crippen LogP contribution >= 0.6 is 23.2 Å². The summed E-state index contributed by atoms with van der Waals surface area (Å²) in [4.78, 5) is 58.1. The average Bonchev–Trinajstić information content (AvgIpc) is 3.19. The maximum absolute atomic E-state index is 13.6. The van der Waals surface area contributed by atoms with E-state index in [1.54, 1.807) is 62.4 Å². The lowest BCUT2D eigenvalue weighted by atomic mass is 10.0. The molecule has 1 aromatic heterocycles. The van der Waals surface area contributed by atoms with E-state index in [2.05, 4.69) is 36.7 Å². The van der Waals surface area contributed by atoms with Crippen LogP contribution in [0, 0.1) is 0 Å². The van der Waals surface area contributed by atoms with E-state index in [-0.39, 0.29) is 24.0 Å². The van der Waals surface area contributed by atoms with E-state index >= 15 is 0 Å². The molecule has 4 amide bonds. The number of benzene rings is 4. The zero-order valence-electron chi connectivity index (χ0n) is 29.4. The number of hydrogen-bond acceptors (Lipinski definition) is 7. The van der Waals surface area contributed by atoms with E-state index in [0.717, 1.165) is 22.3 Å². The van der Waals surface area contributed by atoms with Crippen molar-refractivity contribution in [1.29, 1.82) is 0 Å². The monoisotopic (exact) mass is 761 g/mol. The minimum absolute atomic E-state index is 0.0293. The number of amides is 4. The van der Waals surface area contributed by atoms with Crippen LogP contribution in [0.3, 0.4) is 0 Å². The van der Waals surface area contributed by atoms with E-state index < -0.39 is 35.7 Å². The van der Waals surface area contributed by atoms with Crippen molar-refractivity contribution in [3.05, 3.63) is 171 Å². The molecule has 1 heterocycles. The summed E-state index contributed by atoms with van der Waals surface area (Å²) in [5.74, 6) is -2.38. The summed E-state index contributed by atoms with van der Waals surface area (Å²) < 4.78 is 0. The molecule has 54 heavy (non-hydrogen) atoms. The number of halogens is 2. The zero-order chi connectivity index (χ0) is 38.5. The highest BCUT2D eigenvalue weighted by Gasteiger charge is 2.25. The third kappa shape index (κ3) is 11.4. The Morgan fingerprint density at radius 1 is 0.556 bits per heavy atom. The highest BCUT2D eigenvalue weighted by atomic mass is 35.5. The summed E-state index contributed by atoms with van der Waals surface area (Å²) in [5.41, 5.74) is 9.36. The highest BCUT2D eigenvalue weighted by Crippen LogP contribution is 2.13. The summed E-state index contributed by atoms with van der Waals surface area (Å²) in [7, 11) is 0. The van der Waals surface area contributed by atoms with Gasteiger partial charge in [0.15, 0.2) is 0 Å². The minimum atomic E-state index is -1.03. The van der Waals surface area contributed by atoms with Crippen molar-refractivity contribution >= 4 is 58.3 Å². The van der Waals surface area contributed by atoms with Gasteiger partial charge in [-0.25, -0.2) is 10.9 Å². The van der Waals surface area contributed by atoms with Gasteiger partial charge in [0, 0.05) is 35.3 Å². The Labute approximate surface area is 322 Å². The Balaban J connectivity index is 1.30. The van der Waals surface area contributed by atoms with Crippen LogP contribution in [0.5, 0.6) is 0 Å². The van der Waals surface area contributed by atoms with Gasteiger partial charge in [-0.3, -0.25) is 24.2 Å². The molecule has 0 bridgehead atoms. The lowest BCUT2D eigenvalue weighted by molar-refractivity contribution is -0.123. The average molecular weight is 763 g/mol. The van der Waals surface area contributed by atoms with Crippen molar-refractivity contribution in [2.24, 2.45) is 10.2 Å². The molecule has 4 N–H and O–H groups in total. The Hall–Kier alpha value is -6.17. The lowest BCUT2D eigenvalue weighted by Crippen LogP contribution is -2.47. The van der Waals surface area contributed by atoms with Crippen LogP contribution in [0.2, 0.25) is 10.0 Å². The van der Waals surface area contributed by atoms with Gasteiger partial charge in [-0.05, 0) is 66.4 Å². The molecule has 0 aliphatic rings. The Morgan fingerprint density at radius 2 is 0.926 bits per heavy atom. The Kier molecular flexibility index (Phi) is 13.8. The van der Waals surface area contributed by atoms with Crippen molar-refractivity contribution in [2.45, 2.75) is 38.8 Å². The number of pyridine rings is 1. The first-order valence-electron chi connectivity index (χ1n) is 16.9. The molecule has 11 nitrogen and oxygen atoms in total. The van der Waals surface area contributed by atoms with Crippen molar-refractivity contribution in [3.63, 3.8) is 0 Å². The number of carbonyl (C=O) groups excluding carboxylic acids is 4. The minimum Gasteiger partial charge on any atom is -0.340 e. The normalized spacial score (nSPS) is 12.6. The molecule has 0 radical (unpaired) electrons. The van der Waals surface area contributed by atoms with Crippen molar-refractivity contribution in [2.75, 3.05) is 0 Å². The molecule has 13 heteroatoms. The first-order valence-corrected chi connectivity index (χ1v) is 17.7. The van der Waals surface area contributed by atoms with Crippen molar-refractivity contribution in [1.82, 2.24) is 26.5 Å². The predicted octanol–water partition coefficient (Wildman–Crippen LogP) is 6.15. The van der Waals surface area contributed by atoms with Gasteiger partial charge >= 0.3 is 0 Å². The Morgan fingerprint density at radius 3 is 1.30 bits per heavy atom. The second-order valence-electron chi connectivity index (χ2n) is 12.3. The molecular weight excluding hydrogens is 725 g/mol. The van der Waals surface area contributed by atoms with Crippen LogP contribution in [-0.2, 0) is 22.4 Å². The number of nitrogens with one attached hydrogen (secondary N) is 4. The predicted molar refractivity (Wildman–Crippen MR) is 211 cm³/mol. The fraction of sp³-hybridized carbons (Fsp3) is 0.146. The van der Waals surface area contributed by atoms with E-state index in [9.17, 15) is 19.2 Å². The van der Waals surface area contributed by atoms with Gasteiger partial charge in [0.1, 0.15) is 12.1 Å². The van der Waals surface area contributed by atoms with Gasteiger partial charge < -0.3 is 10.6 Å². The van der Waals surface area contributed by atoms with Gasteiger partial charge in [-0.2, -0.15) is 10.2 Å². The molecule has 4 aromatic carbocycles. The number of carbonyl (C=O) groups is 4. The zero-order valence-corrected chi connectivity index (χ0v) is 30.9.